The van der Waals surface area contributed by atoms with Crippen LogP contribution in [0.25, 0.3) is 0 Å². The van der Waals surface area contributed by atoms with Gasteiger partial charge in [-0.25, -0.2) is 0 Å². The summed E-state index contributed by atoms with van der Waals surface area (Å²) in [6.07, 6.45) is 1.17. The van der Waals surface area contributed by atoms with Gasteiger partial charge in [0.2, 0.25) is 0 Å². The lowest BCUT2D eigenvalue weighted by atomic mass is 9.86. The Morgan fingerprint density at radius 2 is 2.31 bits per heavy atom. The first-order valence-electron chi connectivity index (χ1n) is 6.23. The van der Waals surface area contributed by atoms with Gasteiger partial charge in [0.1, 0.15) is 0 Å². The Morgan fingerprint density at radius 3 is 2.88 bits per heavy atom. The Hall–Kier alpha value is -0.160. The van der Waals surface area contributed by atoms with Crippen molar-refractivity contribution in [2.45, 2.75) is 26.4 Å². The van der Waals surface area contributed by atoms with E-state index in [2.05, 4.69) is 24.1 Å². The summed E-state index contributed by atoms with van der Waals surface area (Å²) in [4.78, 5) is 2.41. The summed E-state index contributed by atoms with van der Waals surface area (Å²) < 4.78 is 5.46. The number of hydrogen-bond donors (Lipinski definition) is 2. The average Bonchev–Trinajstić information content (AvgIpc) is 2.29. The standard InChI is InChI=1S/C12H26N2O2/c1-4-12(2,9-13-3)10-14-5-6-16-11(7-14)8-15/h11,13,15H,4-10H2,1-3H3. The highest BCUT2D eigenvalue weighted by molar-refractivity contribution is 4.81. The molecular formula is C12H26N2O2. The molecule has 2 unspecified atom stereocenters. The van der Waals surface area contributed by atoms with Crippen molar-refractivity contribution in [3.63, 3.8) is 0 Å². The molecule has 0 saturated carbocycles. The van der Waals surface area contributed by atoms with Crippen molar-refractivity contribution < 1.29 is 9.84 Å². The van der Waals surface area contributed by atoms with Crippen molar-refractivity contribution in [1.29, 1.82) is 0 Å². The van der Waals surface area contributed by atoms with E-state index in [4.69, 9.17) is 9.84 Å². The normalized spacial score (nSPS) is 26.6. The van der Waals surface area contributed by atoms with Crippen molar-refractivity contribution in [3.05, 3.63) is 0 Å². The Kier molecular flexibility index (Phi) is 5.69. The van der Waals surface area contributed by atoms with Gasteiger partial charge >= 0.3 is 0 Å². The molecule has 0 amide bonds. The summed E-state index contributed by atoms with van der Waals surface area (Å²) in [5.41, 5.74) is 0.312. The summed E-state index contributed by atoms with van der Waals surface area (Å²) in [5.74, 6) is 0. The molecule has 1 saturated heterocycles. The lowest BCUT2D eigenvalue weighted by Crippen LogP contribution is -2.49. The van der Waals surface area contributed by atoms with Crippen LogP contribution in [-0.4, -0.2) is 62.6 Å². The molecule has 4 heteroatoms. The number of nitrogens with one attached hydrogen (secondary N) is 1. The van der Waals surface area contributed by atoms with Crippen LogP contribution in [0.5, 0.6) is 0 Å². The van der Waals surface area contributed by atoms with Crippen molar-refractivity contribution in [1.82, 2.24) is 10.2 Å². The van der Waals surface area contributed by atoms with E-state index in [1.807, 2.05) is 7.05 Å². The zero-order chi connectivity index (χ0) is 12.0. The number of aliphatic hydroxyl groups is 1. The molecule has 1 fully saturated rings. The topological polar surface area (TPSA) is 44.7 Å². The minimum Gasteiger partial charge on any atom is -0.394 e. The quantitative estimate of drug-likeness (QED) is 0.689. The van der Waals surface area contributed by atoms with Gasteiger partial charge in [-0.1, -0.05) is 13.8 Å². The number of morpholine rings is 1. The van der Waals surface area contributed by atoms with Crippen LogP contribution < -0.4 is 5.32 Å². The SMILES string of the molecule is CCC(C)(CNC)CN1CCOC(CO)C1. The van der Waals surface area contributed by atoms with E-state index in [9.17, 15) is 0 Å². The Balaban J connectivity index is 2.44. The van der Waals surface area contributed by atoms with Gasteiger partial charge in [-0.05, 0) is 18.9 Å². The van der Waals surface area contributed by atoms with E-state index < -0.39 is 0 Å². The predicted octanol–water partition coefficient (Wildman–Crippen LogP) is 0.315. The molecule has 1 heterocycles. The van der Waals surface area contributed by atoms with Crippen LogP contribution >= 0.6 is 0 Å². The molecule has 1 aliphatic heterocycles. The second-order valence-electron chi connectivity index (χ2n) is 5.11. The molecule has 2 atom stereocenters. The van der Waals surface area contributed by atoms with E-state index in [-0.39, 0.29) is 12.7 Å². The van der Waals surface area contributed by atoms with Gasteiger partial charge in [-0.2, -0.15) is 0 Å². The minimum atomic E-state index is 0.00411. The molecule has 96 valence electrons. The van der Waals surface area contributed by atoms with E-state index in [0.717, 1.165) is 39.2 Å². The van der Waals surface area contributed by atoms with Crippen LogP contribution in [0.1, 0.15) is 20.3 Å². The van der Waals surface area contributed by atoms with Gasteiger partial charge in [-0.15, -0.1) is 0 Å². The van der Waals surface area contributed by atoms with Crippen molar-refractivity contribution >= 4 is 0 Å². The maximum atomic E-state index is 9.10. The number of nitrogens with zero attached hydrogens (tertiary/aromatic N) is 1. The first kappa shape index (κ1) is 13.9. The summed E-state index contributed by atoms with van der Waals surface area (Å²) in [6, 6.07) is 0. The fourth-order valence-corrected chi connectivity index (χ4v) is 2.29. The molecular weight excluding hydrogens is 204 g/mol. The minimum absolute atomic E-state index is 0.00411. The fourth-order valence-electron chi connectivity index (χ4n) is 2.29. The van der Waals surface area contributed by atoms with Crippen LogP contribution in [0.4, 0.5) is 0 Å². The summed E-state index contributed by atoms with van der Waals surface area (Å²) >= 11 is 0. The van der Waals surface area contributed by atoms with Gasteiger partial charge in [0.05, 0.1) is 19.3 Å². The Bertz CT molecular complexity index is 201. The molecule has 1 rings (SSSR count). The van der Waals surface area contributed by atoms with Crippen molar-refractivity contribution in [2.24, 2.45) is 5.41 Å². The third kappa shape index (κ3) is 4.01. The highest BCUT2D eigenvalue weighted by Gasteiger charge is 2.28. The van der Waals surface area contributed by atoms with Crippen LogP contribution in [0, 0.1) is 5.41 Å². The third-order valence-electron chi connectivity index (χ3n) is 3.49. The van der Waals surface area contributed by atoms with E-state index >= 15 is 0 Å². The molecule has 0 aromatic carbocycles. The first-order valence-corrected chi connectivity index (χ1v) is 6.23. The summed E-state index contributed by atoms with van der Waals surface area (Å²) in [7, 11) is 2.00. The van der Waals surface area contributed by atoms with E-state index in [1.54, 1.807) is 0 Å². The van der Waals surface area contributed by atoms with Gasteiger partial charge in [0.15, 0.2) is 0 Å². The van der Waals surface area contributed by atoms with Crippen molar-refractivity contribution in [2.75, 3.05) is 46.4 Å². The van der Waals surface area contributed by atoms with E-state index in [1.165, 1.54) is 0 Å². The van der Waals surface area contributed by atoms with Crippen molar-refractivity contribution in [3.8, 4) is 0 Å². The first-order chi connectivity index (χ1) is 7.63. The molecule has 0 aromatic heterocycles. The van der Waals surface area contributed by atoms with Crippen LogP contribution in [0.2, 0.25) is 0 Å². The molecule has 2 N–H and O–H groups in total. The highest BCUT2D eigenvalue weighted by atomic mass is 16.5. The third-order valence-corrected chi connectivity index (χ3v) is 3.49. The zero-order valence-corrected chi connectivity index (χ0v) is 10.8. The van der Waals surface area contributed by atoms with Crippen LogP contribution in [0.15, 0.2) is 0 Å². The largest absolute Gasteiger partial charge is 0.394 e. The number of rotatable bonds is 6. The molecule has 0 spiro atoms. The predicted molar refractivity (Wildman–Crippen MR) is 65.6 cm³/mol. The number of aliphatic hydroxyl groups excluding tert-OH is 1. The number of ether oxygens (including phenoxy) is 1. The molecule has 1 aliphatic rings. The Morgan fingerprint density at radius 1 is 1.56 bits per heavy atom. The lowest BCUT2D eigenvalue weighted by Gasteiger charge is -2.39. The molecule has 0 aromatic rings. The maximum Gasteiger partial charge on any atom is 0.0932 e. The molecule has 4 nitrogen and oxygen atoms in total. The average molecular weight is 230 g/mol. The van der Waals surface area contributed by atoms with Gasteiger partial charge < -0.3 is 15.2 Å². The fraction of sp³-hybridized carbons (Fsp3) is 1.00. The van der Waals surface area contributed by atoms with E-state index in [0.29, 0.717) is 5.41 Å². The summed E-state index contributed by atoms with van der Waals surface area (Å²) in [5, 5.41) is 12.4. The molecule has 0 aliphatic carbocycles. The van der Waals surface area contributed by atoms with Gasteiger partial charge in [0.25, 0.3) is 0 Å². The molecule has 0 bridgehead atoms. The van der Waals surface area contributed by atoms with Crippen LogP contribution in [0.3, 0.4) is 0 Å². The monoisotopic (exact) mass is 230 g/mol. The molecule has 16 heavy (non-hydrogen) atoms. The Labute approximate surface area is 99.0 Å². The van der Waals surface area contributed by atoms with Gasteiger partial charge in [-0.3, -0.25) is 4.90 Å². The maximum absolute atomic E-state index is 9.10. The highest BCUT2D eigenvalue weighted by Crippen LogP contribution is 2.22. The van der Waals surface area contributed by atoms with Gasteiger partial charge in [0, 0.05) is 26.2 Å². The second-order valence-corrected chi connectivity index (χ2v) is 5.11. The number of hydrogen-bond acceptors (Lipinski definition) is 4. The lowest BCUT2D eigenvalue weighted by molar-refractivity contribution is -0.0616. The smallest absolute Gasteiger partial charge is 0.0932 e. The zero-order valence-electron chi connectivity index (χ0n) is 10.8. The summed E-state index contributed by atoms with van der Waals surface area (Å²) in [6.45, 7) is 9.37. The van der Waals surface area contributed by atoms with Crippen LogP contribution in [-0.2, 0) is 4.74 Å². The molecule has 0 radical (unpaired) electrons. The second kappa shape index (κ2) is 6.55.